The number of aromatic hydroxyl groups is 4. The minimum atomic E-state index is -2.28. The molecule has 60 heavy (non-hydrogen) atoms. The van der Waals surface area contributed by atoms with Crippen molar-refractivity contribution in [3.8, 4) is 23.0 Å². The van der Waals surface area contributed by atoms with Crippen molar-refractivity contribution in [2.24, 2.45) is 0 Å². The number of carbonyl (C=O) groups is 4. The fraction of sp³-hybridized carbons (Fsp3) is 0.0833. The predicted octanol–water partition coefficient (Wildman–Crippen LogP) is 7.72. The zero-order valence-electron chi connectivity index (χ0n) is 31.7. The van der Waals surface area contributed by atoms with Gasteiger partial charge >= 0.3 is 23.9 Å². The van der Waals surface area contributed by atoms with Crippen LogP contribution in [0.3, 0.4) is 0 Å². The van der Waals surface area contributed by atoms with Gasteiger partial charge in [-0.15, -0.1) is 0 Å². The van der Waals surface area contributed by atoms with Gasteiger partial charge in [0, 0.05) is 12.2 Å². The van der Waals surface area contributed by atoms with Crippen molar-refractivity contribution in [1.82, 2.24) is 0 Å². The van der Waals surface area contributed by atoms with Gasteiger partial charge in [-0.2, -0.15) is 0 Å². The van der Waals surface area contributed by atoms with Gasteiger partial charge in [0.25, 0.3) is 0 Å². The molecule has 0 amide bonds. The third kappa shape index (κ3) is 11.0. The van der Waals surface area contributed by atoms with Crippen LogP contribution in [-0.4, -0.2) is 56.5 Å². The van der Waals surface area contributed by atoms with E-state index in [-0.39, 0.29) is 11.1 Å². The minimum Gasteiger partial charge on any atom is -0.504 e. The first-order valence-electron chi connectivity index (χ1n) is 18.5. The standard InChI is InChI=1S/C48H38O12/c49-37-25-21-31(29-39(37)51)23-27-41(53)57-45(47(55)59-43(33-13-5-1-6-14-33)34-15-7-2-8-16-34)46(58-42(54)28-24-32-22-26-38(50)40(52)30-32)48(56)60-44(35-17-9-3-10-18-35)36-19-11-4-12-20-36/h1-30,43-46,49-52H/t45-,46+. The highest BCUT2D eigenvalue weighted by molar-refractivity contribution is 5.95. The molecule has 0 bridgehead atoms. The highest BCUT2D eigenvalue weighted by Gasteiger charge is 2.44. The zero-order chi connectivity index (χ0) is 42.4. The SMILES string of the molecule is O=C(C=Cc1ccc(O)c(O)c1)O[C@H](C(=O)OC(c1ccccc1)c1ccccc1)[C@@H](OC(=O)C=Cc1ccc(O)c(O)c1)C(=O)OC(c1ccccc1)c1ccccc1. The summed E-state index contributed by atoms with van der Waals surface area (Å²) in [7, 11) is 0. The van der Waals surface area contributed by atoms with E-state index < -0.39 is 71.3 Å². The molecular formula is C48H38O12. The summed E-state index contributed by atoms with van der Waals surface area (Å²) < 4.78 is 23.4. The zero-order valence-corrected chi connectivity index (χ0v) is 31.7. The van der Waals surface area contributed by atoms with Crippen molar-refractivity contribution >= 4 is 36.0 Å². The van der Waals surface area contributed by atoms with Crippen LogP contribution in [0.2, 0.25) is 0 Å². The van der Waals surface area contributed by atoms with Crippen LogP contribution in [0.4, 0.5) is 0 Å². The average Bonchev–Trinajstić information content (AvgIpc) is 3.27. The third-order valence-electron chi connectivity index (χ3n) is 8.93. The van der Waals surface area contributed by atoms with Crippen molar-refractivity contribution < 1.29 is 58.6 Å². The number of benzene rings is 6. The molecule has 302 valence electrons. The van der Waals surface area contributed by atoms with Gasteiger partial charge in [-0.25, -0.2) is 19.2 Å². The summed E-state index contributed by atoms with van der Waals surface area (Å²) in [4.78, 5) is 56.2. The minimum absolute atomic E-state index is 0.260. The number of hydrogen-bond donors (Lipinski definition) is 4. The molecule has 6 aromatic rings. The van der Waals surface area contributed by atoms with Gasteiger partial charge in [0.05, 0.1) is 0 Å². The van der Waals surface area contributed by atoms with Crippen molar-refractivity contribution in [2.45, 2.75) is 24.4 Å². The number of hydrogen-bond acceptors (Lipinski definition) is 12. The topological polar surface area (TPSA) is 186 Å². The number of esters is 4. The second-order valence-electron chi connectivity index (χ2n) is 13.2. The Labute approximate surface area is 344 Å². The molecule has 0 fully saturated rings. The van der Waals surface area contributed by atoms with E-state index in [0.29, 0.717) is 22.3 Å². The molecule has 0 spiro atoms. The van der Waals surface area contributed by atoms with E-state index in [1.807, 2.05) is 0 Å². The summed E-state index contributed by atoms with van der Waals surface area (Å²) in [5, 5.41) is 39.4. The van der Waals surface area contributed by atoms with Crippen molar-refractivity contribution in [2.75, 3.05) is 0 Å². The Bertz CT molecular complexity index is 2210. The summed E-state index contributed by atoms with van der Waals surface area (Å²) in [6, 6.07) is 42.2. The largest absolute Gasteiger partial charge is 0.504 e. The summed E-state index contributed by atoms with van der Waals surface area (Å²) >= 11 is 0. The molecule has 2 atom stereocenters. The van der Waals surface area contributed by atoms with Crippen LogP contribution < -0.4 is 0 Å². The van der Waals surface area contributed by atoms with Crippen LogP contribution in [0.15, 0.2) is 170 Å². The highest BCUT2D eigenvalue weighted by Crippen LogP contribution is 2.31. The van der Waals surface area contributed by atoms with E-state index in [9.17, 15) is 39.6 Å². The van der Waals surface area contributed by atoms with Crippen LogP contribution in [0.25, 0.3) is 12.2 Å². The molecule has 0 saturated heterocycles. The molecule has 0 aromatic heterocycles. The first-order chi connectivity index (χ1) is 29.0. The molecule has 6 aromatic carbocycles. The van der Waals surface area contributed by atoms with E-state index in [2.05, 4.69) is 0 Å². The Morgan fingerprint density at radius 3 is 0.967 bits per heavy atom. The number of rotatable bonds is 15. The second kappa shape index (κ2) is 19.8. The molecule has 0 saturated carbocycles. The molecule has 6 rings (SSSR count). The van der Waals surface area contributed by atoms with Gasteiger partial charge in [-0.3, -0.25) is 0 Å². The van der Waals surface area contributed by atoms with Crippen LogP contribution in [-0.2, 0) is 38.1 Å². The molecule has 12 heteroatoms. The smallest absolute Gasteiger partial charge is 0.353 e. The summed E-state index contributed by atoms with van der Waals surface area (Å²) in [5.74, 6) is -6.66. The van der Waals surface area contributed by atoms with Gasteiger partial charge in [-0.1, -0.05) is 133 Å². The van der Waals surface area contributed by atoms with Crippen LogP contribution in [0.1, 0.15) is 45.6 Å². The fourth-order valence-corrected chi connectivity index (χ4v) is 5.95. The van der Waals surface area contributed by atoms with Crippen LogP contribution in [0.5, 0.6) is 23.0 Å². The summed E-state index contributed by atoms with van der Waals surface area (Å²) in [6.45, 7) is 0. The number of phenols is 4. The van der Waals surface area contributed by atoms with Crippen LogP contribution >= 0.6 is 0 Å². The van der Waals surface area contributed by atoms with Gasteiger partial charge < -0.3 is 39.4 Å². The number of carbonyl (C=O) groups excluding carboxylic acids is 4. The highest BCUT2D eigenvalue weighted by atomic mass is 16.6. The van der Waals surface area contributed by atoms with E-state index in [0.717, 1.165) is 12.2 Å². The third-order valence-corrected chi connectivity index (χ3v) is 8.93. The summed E-state index contributed by atoms with van der Waals surface area (Å²) in [6.07, 6.45) is -2.50. The Hall–Kier alpha value is -8.12. The normalized spacial score (nSPS) is 12.2. The lowest BCUT2D eigenvalue weighted by molar-refractivity contribution is -0.191. The lowest BCUT2D eigenvalue weighted by atomic mass is 10.0. The Kier molecular flexibility index (Phi) is 13.7. The van der Waals surface area contributed by atoms with E-state index in [1.54, 1.807) is 121 Å². The Balaban J connectivity index is 1.41. The lowest BCUT2D eigenvalue weighted by Crippen LogP contribution is -2.47. The average molecular weight is 807 g/mol. The second-order valence-corrected chi connectivity index (χ2v) is 13.2. The molecule has 4 N–H and O–H groups in total. The van der Waals surface area contributed by atoms with E-state index in [1.165, 1.54) is 48.6 Å². The van der Waals surface area contributed by atoms with Crippen molar-refractivity contribution in [1.29, 1.82) is 0 Å². The molecule has 0 heterocycles. The first-order valence-corrected chi connectivity index (χ1v) is 18.5. The van der Waals surface area contributed by atoms with Gasteiger partial charge in [0.2, 0.25) is 12.2 Å². The van der Waals surface area contributed by atoms with Gasteiger partial charge in [0.15, 0.2) is 35.2 Å². The van der Waals surface area contributed by atoms with E-state index >= 15 is 0 Å². The van der Waals surface area contributed by atoms with Crippen molar-refractivity contribution in [3.63, 3.8) is 0 Å². The summed E-state index contributed by atoms with van der Waals surface area (Å²) in [5.41, 5.74) is 2.63. The monoisotopic (exact) mass is 806 g/mol. The molecule has 0 aliphatic carbocycles. The maximum absolute atomic E-state index is 14.5. The van der Waals surface area contributed by atoms with Crippen LogP contribution in [0, 0.1) is 0 Å². The number of phenolic OH excluding ortho intramolecular Hbond substituents is 4. The molecule has 12 nitrogen and oxygen atoms in total. The van der Waals surface area contributed by atoms with Gasteiger partial charge in [0.1, 0.15) is 0 Å². The maximum atomic E-state index is 14.5. The maximum Gasteiger partial charge on any atom is 0.353 e. The predicted molar refractivity (Wildman–Crippen MR) is 219 cm³/mol. The molecule has 0 aliphatic heterocycles. The van der Waals surface area contributed by atoms with E-state index in [4.69, 9.17) is 18.9 Å². The molecule has 0 unspecified atom stereocenters. The first kappa shape index (κ1) is 41.5. The van der Waals surface area contributed by atoms with Gasteiger partial charge in [-0.05, 0) is 69.8 Å². The Morgan fingerprint density at radius 1 is 0.383 bits per heavy atom. The molecule has 0 aliphatic rings. The Morgan fingerprint density at radius 2 is 0.683 bits per heavy atom. The molecule has 0 radical (unpaired) electrons. The quantitative estimate of drug-likeness (QED) is 0.0343. The van der Waals surface area contributed by atoms with Crippen molar-refractivity contribution in [3.05, 3.63) is 203 Å². The fourth-order valence-electron chi connectivity index (χ4n) is 5.95. The molecular weight excluding hydrogens is 769 g/mol. The number of ether oxygens (including phenoxy) is 4. The lowest BCUT2D eigenvalue weighted by Gasteiger charge is -2.28.